The zero-order valence-electron chi connectivity index (χ0n) is 6.69. The molecular weight excluding hydrogens is 204 g/mol. The van der Waals surface area contributed by atoms with E-state index >= 15 is 0 Å². The lowest BCUT2D eigenvalue weighted by molar-refractivity contribution is 0.281. The molecule has 1 aromatic carbocycles. The lowest BCUT2D eigenvalue weighted by atomic mass is 10.1. The van der Waals surface area contributed by atoms with Crippen LogP contribution in [0, 0.1) is 13.8 Å². The molecule has 0 radical (unpaired) electrons. The maximum Gasteiger partial charge on any atom is 0.0693 e. The first-order chi connectivity index (χ1) is 5.15. The van der Waals surface area contributed by atoms with Crippen molar-refractivity contribution in [3.8, 4) is 0 Å². The predicted octanol–water partition coefficient (Wildman–Crippen LogP) is 2.56. The van der Waals surface area contributed by atoms with Gasteiger partial charge in [0.2, 0.25) is 0 Å². The minimum atomic E-state index is 0.100. The Morgan fingerprint density at radius 3 is 2.55 bits per heavy atom. The van der Waals surface area contributed by atoms with Gasteiger partial charge in [0.15, 0.2) is 0 Å². The number of aliphatic hydroxyl groups excluding tert-OH is 1. The van der Waals surface area contributed by atoms with Gasteiger partial charge in [0.05, 0.1) is 6.61 Å². The Morgan fingerprint density at radius 1 is 1.36 bits per heavy atom. The van der Waals surface area contributed by atoms with Gasteiger partial charge in [0.1, 0.15) is 0 Å². The molecule has 2 heteroatoms. The molecular formula is C9H11BrO. The van der Waals surface area contributed by atoms with Gasteiger partial charge < -0.3 is 5.11 Å². The lowest BCUT2D eigenvalue weighted by Gasteiger charge is -2.05. The Balaban J connectivity index is 3.24. The highest BCUT2D eigenvalue weighted by atomic mass is 79.9. The molecule has 11 heavy (non-hydrogen) atoms. The normalized spacial score (nSPS) is 10.2. The van der Waals surface area contributed by atoms with Gasteiger partial charge in [-0.05, 0) is 25.0 Å². The van der Waals surface area contributed by atoms with Crippen LogP contribution in [-0.4, -0.2) is 5.11 Å². The Bertz CT molecular complexity index is 269. The Labute approximate surface area is 75.2 Å². The van der Waals surface area contributed by atoms with Crippen molar-refractivity contribution in [3.05, 3.63) is 33.3 Å². The molecule has 0 saturated carbocycles. The highest BCUT2D eigenvalue weighted by Crippen LogP contribution is 2.22. The summed E-state index contributed by atoms with van der Waals surface area (Å²) in [4.78, 5) is 0. The van der Waals surface area contributed by atoms with Gasteiger partial charge in [-0.15, -0.1) is 0 Å². The lowest BCUT2D eigenvalue weighted by Crippen LogP contribution is -1.89. The quantitative estimate of drug-likeness (QED) is 0.763. The van der Waals surface area contributed by atoms with E-state index in [2.05, 4.69) is 22.0 Å². The average Bonchev–Trinajstić information content (AvgIpc) is 1.96. The van der Waals surface area contributed by atoms with Crippen molar-refractivity contribution in [3.63, 3.8) is 0 Å². The van der Waals surface area contributed by atoms with Crippen LogP contribution in [0.4, 0.5) is 0 Å². The van der Waals surface area contributed by atoms with Gasteiger partial charge >= 0.3 is 0 Å². The van der Waals surface area contributed by atoms with E-state index in [0.717, 1.165) is 10.0 Å². The summed E-state index contributed by atoms with van der Waals surface area (Å²) >= 11 is 3.41. The van der Waals surface area contributed by atoms with Crippen molar-refractivity contribution in [2.75, 3.05) is 0 Å². The highest BCUT2D eigenvalue weighted by molar-refractivity contribution is 9.10. The second kappa shape index (κ2) is 3.37. The molecule has 0 spiro atoms. The molecule has 1 N–H and O–H groups in total. The van der Waals surface area contributed by atoms with Crippen LogP contribution in [-0.2, 0) is 6.61 Å². The summed E-state index contributed by atoms with van der Waals surface area (Å²) in [5.74, 6) is 0. The number of aliphatic hydroxyl groups is 1. The zero-order valence-corrected chi connectivity index (χ0v) is 8.27. The third kappa shape index (κ3) is 1.82. The third-order valence-corrected chi connectivity index (χ3v) is 2.78. The molecule has 60 valence electrons. The monoisotopic (exact) mass is 214 g/mol. The smallest absolute Gasteiger partial charge is 0.0693 e. The SMILES string of the molecule is Cc1cc(C)c(Br)c(CO)c1. The molecule has 0 unspecified atom stereocenters. The van der Waals surface area contributed by atoms with Crippen LogP contribution in [0.2, 0.25) is 0 Å². The summed E-state index contributed by atoms with van der Waals surface area (Å²) in [6.07, 6.45) is 0. The van der Waals surface area contributed by atoms with Crippen molar-refractivity contribution in [1.82, 2.24) is 0 Å². The van der Waals surface area contributed by atoms with Crippen LogP contribution < -0.4 is 0 Å². The Hall–Kier alpha value is -0.340. The summed E-state index contributed by atoms with van der Waals surface area (Å²) in [7, 11) is 0. The zero-order chi connectivity index (χ0) is 8.43. The molecule has 0 heterocycles. The average molecular weight is 215 g/mol. The fourth-order valence-corrected chi connectivity index (χ4v) is 1.51. The van der Waals surface area contributed by atoms with Crippen LogP contribution in [0.15, 0.2) is 16.6 Å². The molecule has 0 aliphatic rings. The Morgan fingerprint density at radius 2 is 2.00 bits per heavy atom. The first-order valence-electron chi connectivity index (χ1n) is 3.51. The van der Waals surface area contributed by atoms with E-state index in [1.54, 1.807) is 0 Å². The molecule has 0 amide bonds. The van der Waals surface area contributed by atoms with Crippen molar-refractivity contribution < 1.29 is 5.11 Å². The third-order valence-electron chi connectivity index (χ3n) is 1.64. The highest BCUT2D eigenvalue weighted by Gasteiger charge is 2.01. The van der Waals surface area contributed by atoms with Crippen molar-refractivity contribution in [2.24, 2.45) is 0 Å². The van der Waals surface area contributed by atoms with Crippen molar-refractivity contribution in [1.29, 1.82) is 0 Å². The first-order valence-corrected chi connectivity index (χ1v) is 4.31. The van der Waals surface area contributed by atoms with E-state index in [4.69, 9.17) is 5.11 Å². The second-order valence-corrected chi connectivity index (χ2v) is 3.51. The van der Waals surface area contributed by atoms with E-state index in [1.165, 1.54) is 11.1 Å². The van der Waals surface area contributed by atoms with Gasteiger partial charge in [-0.1, -0.05) is 33.6 Å². The van der Waals surface area contributed by atoms with Gasteiger partial charge in [-0.25, -0.2) is 0 Å². The molecule has 1 rings (SSSR count). The summed E-state index contributed by atoms with van der Waals surface area (Å²) in [5.41, 5.74) is 3.33. The van der Waals surface area contributed by atoms with Crippen LogP contribution >= 0.6 is 15.9 Å². The van der Waals surface area contributed by atoms with Crippen molar-refractivity contribution >= 4 is 15.9 Å². The fraction of sp³-hybridized carbons (Fsp3) is 0.333. The number of rotatable bonds is 1. The van der Waals surface area contributed by atoms with E-state index < -0.39 is 0 Å². The van der Waals surface area contributed by atoms with E-state index in [-0.39, 0.29) is 6.61 Å². The predicted molar refractivity (Wildman–Crippen MR) is 49.5 cm³/mol. The number of benzene rings is 1. The van der Waals surface area contributed by atoms with E-state index in [9.17, 15) is 0 Å². The molecule has 0 atom stereocenters. The molecule has 0 saturated heterocycles. The van der Waals surface area contributed by atoms with Gasteiger partial charge in [-0.2, -0.15) is 0 Å². The van der Waals surface area contributed by atoms with E-state index in [0.29, 0.717) is 0 Å². The topological polar surface area (TPSA) is 20.2 Å². The summed E-state index contributed by atoms with van der Waals surface area (Å²) < 4.78 is 1.02. The molecule has 0 aliphatic heterocycles. The summed E-state index contributed by atoms with van der Waals surface area (Å²) in [6, 6.07) is 4.07. The molecule has 0 aromatic heterocycles. The molecule has 0 fully saturated rings. The number of hydrogen-bond donors (Lipinski definition) is 1. The van der Waals surface area contributed by atoms with Crippen LogP contribution in [0.1, 0.15) is 16.7 Å². The molecule has 0 bridgehead atoms. The number of halogens is 1. The minimum absolute atomic E-state index is 0.100. The maximum absolute atomic E-state index is 8.94. The molecule has 1 nitrogen and oxygen atoms in total. The number of hydrogen-bond acceptors (Lipinski definition) is 1. The minimum Gasteiger partial charge on any atom is -0.392 e. The van der Waals surface area contributed by atoms with Gasteiger partial charge in [0.25, 0.3) is 0 Å². The van der Waals surface area contributed by atoms with Gasteiger partial charge in [-0.3, -0.25) is 0 Å². The van der Waals surface area contributed by atoms with Crippen LogP contribution in [0.5, 0.6) is 0 Å². The fourth-order valence-electron chi connectivity index (χ4n) is 1.15. The van der Waals surface area contributed by atoms with Crippen LogP contribution in [0.25, 0.3) is 0 Å². The van der Waals surface area contributed by atoms with Crippen LogP contribution in [0.3, 0.4) is 0 Å². The molecule has 0 aliphatic carbocycles. The standard InChI is InChI=1S/C9H11BrO/c1-6-3-7(2)9(10)8(4-6)5-11/h3-4,11H,5H2,1-2H3. The van der Waals surface area contributed by atoms with Gasteiger partial charge in [0, 0.05) is 4.47 Å². The van der Waals surface area contributed by atoms with Crippen molar-refractivity contribution in [2.45, 2.75) is 20.5 Å². The molecule has 1 aromatic rings. The Kier molecular flexibility index (Phi) is 2.68. The summed E-state index contributed by atoms with van der Waals surface area (Å²) in [6.45, 7) is 4.15. The largest absolute Gasteiger partial charge is 0.392 e. The summed E-state index contributed by atoms with van der Waals surface area (Å²) in [5, 5.41) is 8.94. The number of aryl methyl sites for hydroxylation is 2. The van der Waals surface area contributed by atoms with E-state index in [1.807, 2.05) is 19.9 Å². The maximum atomic E-state index is 8.94. The second-order valence-electron chi connectivity index (χ2n) is 2.71. The first kappa shape index (κ1) is 8.75.